The van der Waals surface area contributed by atoms with E-state index >= 15 is 0 Å². The predicted octanol–water partition coefficient (Wildman–Crippen LogP) is 4.04. The van der Waals surface area contributed by atoms with Crippen LogP contribution in [-0.2, 0) is 19.1 Å². The van der Waals surface area contributed by atoms with Gasteiger partial charge in [0.1, 0.15) is 17.5 Å². The summed E-state index contributed by atoms with van der Waals surface area (Å²) in [7, 11) is 0. The summed E-state index contributed by atoms with van der Waals surface area (Å²) in [6.07, 6.45) is 9.72. The average Bonchev–Trinajstić information content (AvgIpc) is 3.20. The minimum Gasteiger partial charge on any atom is -0.459 e. The van der Waals surface area contributed by atoms with Crippen molar-refractivity contribution in [2.75, 3.05) is 0 Å². The molecule has 1 aliphatic heterocycles. The molecule has 1 N–H and O–H groups in total. The summed E-state index contributed by atoms with van der Waals surface area (Å²) >= 11 is 0. The topological polar surface area (TPSA) is 80.7 Å². The van der Waals surface area contributed by atoms with Crippen LogP contribution in [0.5, 0.6) is 0 Å². The third-order valence-corrected chi connectivity index (χ3v) is 10.2. The molecule has 10 unspecified atom stereocenters. The molecule has 0 aromatic carbocycles. The van der Waals surface area contributed by atoms with Gasteiger partial charge in [0.2, 0.25) is 0 Å². The molecule has 5 aliphatic rings. The van der Waals surface area contributed by atoms with Gasteiger partial charge in [0, 0.05) is 18.3 Å². The molecule has 174 valence electrons. The van der Waals surface area contributed by atoms with Gasteiger partial charge in [0.25, 0.3) is 0 Å². The summed E-state index contributed by atoms with van der Waals surface area (Å²) in [4.78, 5) is 39.0. The molecule has 10 atom stereocenters. The second kappa shape index (κ2) is 7.38. The van der Waals surface area contributed by atoms with Crippen LogP contribution in [0.25, 0.3) is 0 Å². The number of fused-ring (bicyclic) bond motifs is 5. The standard InChI is InChI=1S/C27H36O5/c1-14-12-23(32-25(30)15(14)2)27(4,31)19-11-10-18-17-9-8-16-6-5-7-22(29)26(16,3)20(17)13-21(28)24(18)19/h5,7-8,14-15,17-20,23-24,31H,6,9-13H2,1-4H3. The third kappa shape index (κ3) is 2.96. The second-order valence-electron chi connectivity index (χ2n) is 11.6. The molecule has 5 rings (SSSR count). The van der Waals surface area contributed by atoms with Crippen LogP contribution in [0, 0.1) is 46.8 Å². The number of Topliss-reactive ketones (excluding diaryl/α,β-unsaturated/α-hetero) is 1. The normalized spacial score (nSPS) is 47.7. The molecule has 5 nitrogen and oxygen atoms in total. The summed E-state index contributed by atoms with van der Waals surface area (Å²) in [5.41, 5.74) is -0.616. The van der Waals surface area contributed by atoms with E-state index in [0.717, 1.165) is 25.7 Å². The number of hydrogen-bond acceptors (Lipinski definition) is 5. The molecule has 3 fully saturated rings. The van der Waals surface area contributed by atoms with Crippen molar-refractivity contribution in [2.45, 2.75) is 77.9 Å². The number of ether oxygens (including phenoxy) is 1. The van der Waals surface area contributed by atoms with Gasteiger partial charge in [-0.2, -0.15) is 0 Å². The maximum Gasteiger partial charge on any atom is 0.309 e. The van der Waals surface area contributed by atoms with Gasteiger partial charge in [-0.1, -0.05) is 31.6 Å². The molecule has 0 radical (unpaired) electrons. The highest BCUT2D eigenvalue weighted by Crippen LogP contribution is 2.61. The van der Waals surface area contributed by atoms with Crippen molar-refractivity contribution in [3.8, 4) is 0 Å². The minimum atomic E-state index is -1.23. The summed E-state index contributed by atoms with van der Waals surface area (Å²) in [6.45, 7) is 7.73. The number of rotatable bonds is 2. The number of hydrogen-bond donors (Lipinski definition) is 1. The number of cyclic esters (lactones) is 1. The lowest BCUT2D eigenvalue weighted by molar-refractivity contribution is -0.193. The fraction of sp³-hybridized carbons (Fsp3) is 0.741. The van der Waals surface area contributed by atoms with Crippen molar-refractivity contribution in [1.82, 2.24) is 0 Å². The van der Waals surface area contributed by atoms with Gasteiger partial charge in [-0.15, -0.1) is 0 Å². The van der Waals surface area contributed by atoms with E-state index in [0.29, 0.717) is 12.8 Å². The first kappa shape index (κ1) is 22.1. The van der Waals surface area contributed by atoms with Crippen LogP contribution in [0.1, 0.15) is 66.2 Å². The van der Waals surface area contributed by atoms with Crippen LogP contribution in [0.2, 0.25) is 0 Å². The van der Waals surface area contributed by atoms with Crippen molar-refractivity contribution in [1.29, 1.82) is 0 Å². The Morgan fingerprint density at radius 3 is 2.62 bits per heavy atom. The van der Waals surface area contributed by atoms with Gasteiger partial charge in [-0.25, -0.2) is 0 Å². The Hall–Kier alpha value is -1.75. The van der Waals surface area contributed by atoms with Crippen LogP contribution in [0.3, 0.4) is 0 Å². The van der Waals surface area contributed by atoms with Crippen molar-refractivity contribution >= 4 is 17.5 Å². The van der Waals surface area contributed by atoms with Crippen molar-refractivity contribution in [3.63, 3.8) is 0 Å². The molecule has 1 saturated heterocycles. The van der Waals surface area contributed by atoms with Gasteiger partial charge in [-0.05, 0) is 75.7 Å². The van der Waals surface area contributed by atoms with Crippen LogP contribution < -0.4 is 0 Å². The molecule has 0 aromatic rings. The van der Waals surface area contributed by atoms with Crippen molar-refractivity contribution in [3.05, 3.63) is 23.8 Å². The number of aliphatic hydroxyl groups is 1. The second-order valence-corrected chi connectivity index (χ2v) is 11.6. The van der Waals surface area contributed by atoms with E-state index in [4.69, 9.17) is 4.74 Å². The van der Waals surface area contributed by atoms with Crippen LogP contribution in [-0.4, -0.2) is 34.3 Å². The van der Waals surface area contributed by atoms with Crippen LogP contribution >= 0.6 is 0 Å². The molecule has 5 heteroatoms. The lowest BCUT2D eigenvalue weighted by Crippen LogP contribution is -2.57. The average molecular weight is 441 g/mol. The number of esters is 1. The molecule has 0 aromatic heterocycles. The highest BCUT2D eigenvalue weighted by Gasteiger charge is 2.62. The van der Waals surface area contributed by atoms with E-state index in [1.54, 1.807) is 13.0 Å². The molecule has 0 amide bonds. The molecule has 1 heterocycles. The Morgan fingerprint density at radius 2 is 1.91 bits per heavy atom. The number of carbonyl (C=O) groups excluding carboxylic acids is 3. The van der Waals surface area contributed by atoms with Crippen molar-refractivity contribution < 1.29 is 24.2 Å². The summed E-state index contributed by atoms with van der Waals surface area (Å²) in [6, 6.07) is 0. The van der Waals surface area contributed by atoms with Gasteiger partial charge in [-0.3, -0.25) is 14.4 Å². The zero-order valence-electron chi connectivity index (χ0n) is 19.7. The third-order valence-electron chi connectivity index (χ3n) is 10.2. The molecule has 4 aliphatic carbocycles. The minimum absolute atomic E-state index is 0.0470. The van der Waals surface area contributed by atoms with E-state index in [9.17, 15) is 19.5 Å². The smallest absolute Gasteiger partial charge is 0.309 e. The Morgan fingerprint density at radius 1 is 1.16 bits per heavy atom. The maximum atomic E-state index is 13.6. The number of carbonyl (C=O) groups is 3. The lowest BCUT2D eigenvalue weighted by Gasteiger charge is -2.53. The Balaban J connectivity index is 1.43. The van der Waals surface area contributed by atoms with E-state index in [1.165, 1.54) is 5.57 Å². The quantitative estimate of drug-likeness (QED) is 0.518. The summed E-state index contributed by atoms with van der Waals surface area (Å²) in [5.74, 6) is 0.141. The predicted molar refractivity (Wildman–Crippen MR) is 119 cm³/mol. The first-order chi connectivity index (χ1) is 15.1. The van der Waals surface area contributed by atoms with E-state index in [-0.39, 0.29) is 59.0 Å². The highest BCUT2D eigenvalue weighted by atomic mass is 16.6. The number of ketones is 2. The molecular weight excluding hydrogens is 404 g/mol. The van der Waals surface area contributed by atoms with Gasteiger partial charge in [0.15, 0.2) is 5.78 Å². The molecule has 2 saturated carbocycles. The van der Waals surface area contributed by atoms with Crippen molar-refractivity contribution in [2.24, 2.45) is 46.8 Å². The largest absolute Gasteiger partial charge is 0.459 e. The SMILES string of the molecule is CC1CC(C(C)(O)C2CCC3C4CC=C5CC=CC(=O)C5(C)C4CC(=O)C32)OC(=O)C1C. The number of allylic oxidation sites excluding steroid dienone is 4. The van der Waals surface area contributed by atoms with Crippen LogP contribution in [0.15, 0.2) is 23.8 Å². The summed E-state index contributed by atoms with van der Waals surface area (Å²) < 4.78 is 5.71. The molecule has 0 spiro atoms. The van der Waals surface area contributed by atoms with Crippen LogP contribution in [0.4, 0.5) is 0 Å². The zero-order chi connectivity index (χ0) is 23.0. The fourth-order valence-corrected chi connectivity index (χ4v) is 7.90. The zero-order valence-corrected chi connectivity index (χ0v) is 19.7. The molecule has 0 bridgehead atoms. The van der Waals surface area contributed by atoms with Gasteiger partial charge in [0.05, 0.1) is 11.3 Å². The first-order valence-electron chi connectivity index (χ1n) is 12.4. The fourth-order valence-electron chi connectivity index (χ4n) is 7.90. The Labute approximate surface area is 190 Å². The maximum absolute atomic E-state index is 13.6. The van der Waals surface area contributed by atoms with E-state index < -0.39 is 17.1 Å². The van der Waals surface area contributed by atoms with E-state index in [2.05, 4.69) is 6.08 Å². The highest BCUT2D eigenvalue weighted by molar-refractivity contribution is 5.99. The first-order valence-corrected chi connectivity index (χ1v) is 12.4. The monoisotopic (exact) mass is 440 g/mol. The molecule has 32 heavy (non-hydrogen) atoms. The lowest BCUT2D eigenvalue weighted by atomic mass is 9.50. The van der Waals surface area contributed by atoms with E-state index in [1.807, 2.05) is 26.8 Å². The van der Waals surface area contributed by atoms with Gasteiger partial charge >= 0.3 is 5.97 Å². The summed E-state index contributed by atoms with van der Waals surface area (Å²) in [5, 5.41) is 11.7. The molecular formula is C27H36O5. The van der Waals surface area contributed by atoms with Gasteiger partial charge < -0.3 is 9.84 Å². The Kier molecular flexibility index (Phi) is 5.09. The Bertz CT molecular complexity index is 913.